The summed E-state index contributed by atoms with van der Waals surface area (Å²) in [7, 11) is 1.54. The van der Waals surface area contributed by atoms with E-state index in [4.69, 9.17) is 4.74 Å². The number of carboxylic acid groups (broad SMARTS) is 1. The van der Waals surface area contributed by atoms with Gasteiger partial charge in [-0.25, -0.2) is 4.98 Å². The number of aromatic nitrogens is 2. The van der Waals surface area contributed by atoms with Crippen molar-refractivity contribution in [2.45, 2.75) is 39.2 Å². The molecule has 2 atom stereocenters. The van der Waals surface area contributed by atoms with Gasteiger partial charge in [-0.3, -0.25) is 4.79 Å². The van der Waals surface area contributed by atoms with Crippen LogP contribution in [0.25, 0.3) is 0 Å². The molecule has 1 heterocycles. The molecule has 1 aliphatic carbocycles. The van der Waals surface area contributed by atoms with Crippen molar-refractivity contribution in [2.75, 3.05) is 12.4 Å². The topological polar surface area (TPSA) is 84.3 Å². The summed E-state index contributed by atoms with van der Waals surface area (Å²) < 4.78 is 5.09. The number of nitrogens with one attached hydrogen (secondary N) is 1. The number of hydrogen-bond donors (Lipinski definition) is 2. The molecule has 104 valence electrons. The fourth-order valence-corrected chi connectivity index (χ4v) is 2.52. The summed E-state index contributed by atoms with van der Waals surface area (Å²) in [5.74, 6) is 0.128. The molecule has 2 unspecified atom stereocenters. The molecule has 0 aromatic carbocycles. The molecule has 19 heavy (non-hydrogen) atoms. The average molecular weight is 265 g/mol. The fourth-order valence-electron chi connectivity index (χ4n) is 2.52. The number of carboxylic acids is 1. The van der Waals surface area contributed by atoms with Crippen LogP contribution in [-0.2, 0) is 4.79 Å². The van der Waals surface area contributed by atoms with Crippen LogP contribution in [0.1, 0.15) is 31.9 Å². The number of anilines is 1. The first-order chi connectivity index (χ1) is 8.95. The molecule has 2 rings (SSSR count). The van der Waals surface area contributed by atoms with Crippen LogP contribution in [0.4, 0.5) is 5.95 Å². The van der Waals surface area contributed by atoms with E-state index in [0.29, 0.717) is 18.2 Å². The summed E-state index contributed by atoms with van der Waals surface area (Å²) in [5.41, 5.74) is 0.0183. The molecule has 1 saturated carbocycles. The van der Waals surface area contributed by atoms with Gasteiger partial charge in [-0.15, -0.1) is 0 Å². The fraction of sp³-hybridized carbons (Fsp3) is 0.615. The molecule has 1 aliphatic rings. The van der Waals surface area contributed by atoms with Crippen molar-refractivity contribution in [1.29, 1.82) is 0 Å². The van der Waals surface area contributed by atoms with Crippen molar-refractivity contribution >= 4 is 11.9 Å². The molecule has 6 nitrogen and oxygen atoms in total. The third kappa shape index (κ3) is 2.62. The first-order valence-electron chi connectivity index (χ1n) is 6.35. The van der Waals surface area contributed by atoms with Crippen LogP contribution in [0.5, 0.6) is 5.88 Å². The summed E-state index contributed by atoms with van der Waals surface area (Å²) in [5, 5.41) is 12.5. The maximum absolute atomic E-state index is 11.4. The van der Waals surface area contributed by atoms with Gasteiger partial charge in [-0.05, 0) is 26.7 Å². The Kier molecular flexibility index (Phi) is 3.59. The summed E-state index contributed by atoms with van der Waals surface area (Å²) in [6.45, 7) is 3.62. The Hall–Kier alpha value is -1.85. The van der Waals surface area contributed by atoms with Crippen molar-refractivity contribution in [3.05, 3.63) is 11.8 Å². The smallest absolute Gasteiger partial charge is 0.311 e. The van der Waals surface area contributed by atoms with E-state index < -0.39 is 11.4 Å². The Morgan fingerprint density at radius 3 is 2.95 bits per heavy atom. The minimum absolute atomic E-state index is 0.156. The Morgan fingerprint density at radius 1 is 1.58 bits per heavy atom. The van der Waals surface area contributed by atoms with E-state index in [1.54, 1.807) is 20.1 Å². The van der Waals surface area contributed by atoms with E-state index in [-0.39, 0.29) is 6.04 Å². The second-order valence-corrected chi connectivity index (χ2v) is 5.19. The lowest BCUT2D eigenvalue weighted by Crippen LogP contribution is -2.40. The van der Waals surface area contributed by atoms with E-state index in [0.717, 1.165) is 18.5 Å². The van der Waals surface area contributed by atoms with Crippen molar-refractivity contribution in [1.82, 2.24) is 9.97 Å². The van der Waals surface area contributed by atoms with Gasteiger partial charge in [0, 0.05) is 17.8 Å². The van der Waals surface area contributed by atoms with E-state index in [2.05, 4.69) is 15.3 Å². The molecule has 0 spiro atoms. The minimum Gasteiger partial charge on any atom is -0.481 e. The molecule has 0 amide bonds. The Labute approximate surface area is 112 Å². The molecule has 0 saturated heterocycles. The SMILES string of the molecule is COc1cc(C)nc(NC2CCCC2(C)C(=O)O)n1. The second kappa shape index (κ2) is 5.03. The van der Waals surface area contributed by atoms with Crippen LogP contribution in [0.2, 0.25) is 0 Å². The zero-order chi connectivity index (χ0) is 14.0. The van der Waals surface area contributed by atoms with Gasteiger partial charge in [-0.2, -0.15) is 4.98 Å². The van der Waals surface area contributed by atoms with Crippen molar-refractivity contribution in [3.63, 3.8) is 0 Å². The number of aliphatic carboxylic acids is 1. The Balaban J connectivity index is 2.21. The first kappa shape index (κ1) is 13.6. The highest BCUT2D eigenvalue weighted by Crippen LogP contribution is 2.39. The maximum Gasteiger partial charge on any atom is 0.311 e. The molecule has 2 N–H and O–H groups in total. The molecular formula is C13H19N3O3. The van der Waals surface area contributed by atoms with Gasteiger partial charge in [0.25, 0.3) is 0 Å². The summed E-state index contributed by atoms with van der Waals surface area (Å²) in [6, 6.07) is 1.58. The third-order valence-corrected chi connectivity index (χ3v) is 3.79. The van der Waals surface area contributed by atoms with Crippen LogP contribution < -0.4 is 10.1 Å². The predicted molar refractivity (Wildman–Crippen MR) is 70.3 cm³/mol. The number of methoxy groups -OCH3 is 1. The van der Waals surface area contributed by atoms with Gasteiger partial charge in [0.1, 0.15) is 0 Å². The van der Waals surface area contributed by atoms with Gasteiger partial charge in [0.15, 0.2) is 0 Å². The summed E-state index contributed by atoms with van der Waals surface area (Å²) in [4.78, 5) is 19.9. The molecule has 1 aromatic heterocycles. The van der Waals surface area contributed by atoms with Gasteiger partial charge in [0.2, 0.25) is 11.8 Å². The van der Waals surface area contributed by atoms with Crippen LogP contribution in [-0.4, -0.2) is 34.2 Å². The Morgan fingerprint density at radius 2 is 2.32 bits per heavy atom. The summed E-state index contributed by atoms with van der Waals surface area (Å²) in [6.07, 6.45) is 2.37. The molecule has 0 aliphatic heterocycles. The van der Waals surface area contributed by atoms with E-state index in [1.807, 2.05) is 6.92 Å². The van der Waals surface area contributed by atoms with Crippen molar-refractivity contribution in [2.24, 2.45) is 5.41 Å². The van der Waals surface area contributed by atoms with Gasteiger partial charge < -0.3 is 15.2 Å². The second-order valence-electron chi connectivity index (χ2n) is 5.19. The quantitative estimate of drug-likeness (QED) is 0.864. The molecule has 6 heteroatoms. The molecular weight excluding hydrogens is 246 g/mol. The number of nitrogens with zero attached hydrogens (tertiary/aromatic N) is 2. The highest BCUT2D eigenvalue weighted by Gasteiger charge is 2.45. The average Bonchev–Trinajstić information content (AvgIpc) is 2.71. The number of ether oxygens (including phenoxy) is 1. The van der Waals surface area contributed by atoms with Crippen LogP contribution in [0, 0.1) is 12.3 Å². The van der Waals surface area contributed by atoms with Gasteiger partial charge in [0.05, 0.1) is 12.5 Å². The van der Waals surface area contributed by atoms with Gasteiger partial charge in [-0.1, -0.05) is 6.42 Å². The molecule has 0 bridgehead atoms. The van der Waals surface area contributed by atoms with Crippen molar-refractivity contribution in [3.8, 4) is 5.88 Å². The highest BCUT2D eigenvalue weighted by molar-refractivity contribution is 5.76. The van der Waals surface area contributed by atoms with Gasteiger partial charge >= 0.3 is 5.97 Å². The maximum atomic E-state index is 11.4. The molecule has 1 fully saturated rings. The standard InChI is InChI=1S/C13H19N3O3/c1-8-7-10(19-3)16-12(14-8)15-9-5-4-6-13(9,2)11(17)18/h7,9H,4-6H2,1-3H3,(H,17,18)(H,14,15,16). The number of carbonyl (C=O) groups is 1. The zero-order valence-corrected chi connectivity index (χ0v) is 11.4. The van der Waals surface area contributed by atoms with E-state index >= 15 is 0 Å². The molecule has 0 radical (unpaired) electrons. The highest BCUT2D eigenvalue weighted by atomic mass is 16.5. The lowest BCUT2D eigenvalue weighted by Gasteiger charge is -2.27. The Bertz CT molecular complexity index is 492. The van der Waals surface area contributed by atoms with Crippen LogP contribution >= 0.6 is 0 Å². The normalized spacial score (nSPS) is 26.2. The summed E-state index contributed by atoms with van der Waals surface area (Å²) >= 11 is 0. The monoisotopic (exact) mass is 265 g/mol. The number of rotatable bonds is 4. The van der Waals surface area contributed by atoms with Crippen LogP contribution in [0.15, 0.2) is 6.07 Å². The first-order valence-corrected chi connectivity index (χ1v) is 6.35. The predicted octanol–water partition coefficient (Wildman–Crippen LogP) is 1.85. The molecule has 1 aromatic rings. The number of aryl methyl sites for hydroxylation is 1. The lowest BCUT2D eigenvalue weighted by atomic mass is 9.85. The van der Waals surface area contributed by atoms with Crippen molar-refractivity contribution < 1.29 is 14.6 Å². The largest absolute Gasteiger partial charge is 0.481 e. The lowest BCUT2D eigenvalue weighted by molar-refractivity contribution is -0.147. The number of hydrogen-bond acceptors (Lipinski definition) is 5. The van der Waals surface area contributed by atoms with E-state index in [9.17, 15) is 9.90 Å². The van der Waals surface area contributed by atoms with Crippen LogP contribution in [0.3, 0.4) is 0 Å². The third-order valence-electron chi connectivity index (χ3n) is 3.79. The van der Waals surface area contributed by atoms with E-state index in [1.165, 1.54) is 0 Å². The zero-order valence-electron chi connectivity index (χ0n) is 11.4. The minimum atomic E-state index is -0.776.